The molecule has 0 atom stereocenters. The Hall–Kier alpha value is 0.530. The van der Waals surface area contributed by atoms with Gasteiger partial charge < -0.3 is 11.5 Å². The topological polar surface area (TPSA) is 75.9 Å². The number of nitrogens with two attached hydrogens (primary N) is 2. The molecule has 0 spiro atoms. The molecule has 5 N–H and O–H groups in total. The van der Waals surface area contributed by atoms with Crippen molar-refractivity contribution in [1.29, 1.82) is 5.41 Å². The predicted octanol–water partition coefficient (Wildman–Crippen LogP) is -1.54. The minimum Gasteiger partial charge on any atom is -0.370 e. The largest absolute Gasteiger partial charge is 0.370 e. The number of hydrogen-bond donors (Lipinski definition) is 3. The summed E-state index contributed by atoms with van der Waals surface area (Å²) in [5.41, 5.74) is 8.94. The molecule has 0 saturated heterocycles. The molecule has 0 saturated carbocycles. The summed E-state index contributed by atoms with van der Waals surface area (Å²) in [5, 5.41) is 6.06. The molecule has 0 aliphatic heterocycles. The molecule has 26 valence electrons. The van der Waals surface area contributed by atoms with Gasteiger partial charge in [-0.05, 0) is 0 Å². The summed E-state index contributed by atoms with van der Waals surface area (Å²) in [6, 6.07) is 0. The molecule has 0 heterocycles. The number of nitrogens with one attached hydrogen (secondary N) is 1. The van der Waals surface area contributed by atoms with Crippen molar-refractivity contribution in [2.75, 3.05) is 0 Å². The zero-order chi connectivity index (χ0) is 3.58. The molecule has 2 radical (unpaired) electrons. The molecule has 0 aromatic carbocycles. The maximum absolute atomic E-state index is 6.06. The van der Waals surface area contributed by atoms with Crippen LogP contribution < -0.4 is 11.5 Å². The third-order valence-electron chi connectivity index (χ3n) is 0. The van der Waals surface area contributed by atoms with Gasteiger partial charge in [-0.1, -0.05) is 0 Å². The first kappa shape index (κ1) is 9.11. The van der Waals surface area contributed by atoms with E-state index < -0.39 is 0 Å². The van der Waals surface area contributed by atoms with Crippen LogP contribution >= 0.6 is 0 Å². The van der Waals surface area contributed by atoms with Crippen molar-refractivity contribution in [2.24, 2.45) is 11.5 Å². The van der Waals surface area contributed by atoms with Crippen LogP contribution in [-0.4, -0.2) is 43.7 Å². The molecular weight excluding hydrogens is 94.1 g/mol. The third-order valence-corrected chi connectivity index (χ3v) is 0. The first-order chi connectivity index (χ1) is 1.73. The van der Waals surface area contributed by atoms with Gasteiger partial charge in [0.15, 0.2) is 5.96 Å². The fourth-order valence-corrected chi connectivity index (χ4v) is 0. The van der Waals surface area contributed by atoms with Crippen molar-refractivity contribution < 1.29 is 0 Å². The molecule has 0 aliphatic rings. The smallest absolute Gasteiger partial charge is 0.183 e. The van der Waals surface area contributed by atoms with Crippen molar-refractivity contribution in [3.8, 4) is 0 Å². The fourth-order valence-electron chi connectivity index (χ4n) is 0. The van der Waals surface area contributed by atoms with Gasteiger partial charge in [0.05, 0.1) is 0 Å². The Morgan fingerprint density at radius 2 is 1.40 bits per heavy atom. The summed E-state index contributed by atoms with van der Waals surface area (Å²) in [6.07, 6.45) is 0. The van der Waals surface area contributed by atoms with Crippen LogP contribution in [-0.2, 0) is 0 Å². The Balaban J connectivity index is 0. The first-order valence-corrected chi connectivity index (χ1v) is 0.827. The minimum atomic E-state index is -0.333. The van der Waals surface area contributed by atoms with Crippen LogP contribution in [0, 0.1) is 5.41 Å². The van der Waals surface area contributed by atoms with Crippen molar-refractivity contribution in [2.45, 2.75) is 0 Å². The Kier molecular flexibility index (Phi) is 8.25. The summed E-state index contributed by atoms with van der Waals surface area (Å²) < 4.78 is 0. The normalized spacial score (nSPS) is 4.80. The molecule has 0 aromatic rings. The van der Waals surface area contributed by atoms with E-state index in [0.29, 0.717) is 0 Å². The second-order valence-corrected chi connectivity index (χ2v) is 0.455. The average molecular weight is 99.2 g/mol. The molecule has 4 heteroatoms. The van der Waals surface area contributed by atoms with Gasteiger partial charge in [-0.2, -0.15) is 0 Å². The molecule has 0 aromatic heterocycles. The van der Waals surface area contributed by atoms with E-state index in [9.17, 15) is 0 Å². The summed E-state index contributed by atoms with van der Waals surface area (Å²) in [6.45, 7) is 0. The summed E-state index contributed by atoms with van der Waals surface area (Å²) >= 11 is 0. The van der Waals surface area contributed by atoms with Gasteiger partial charge >= 0.3 is 0 Å². The quantitative estimate of drug-likeness (QED) is 0.195. The van der Waals surface area contributed by atoms with Gasteiger partial charge in [-0.15, -0.1) is 0 Å². The van der Waals surface area contributed by atoms with Crippen molar-refractivity contribution in [3.05, 3.63) is 0 Å². The van der Waals surface area contributed by atoms with E-state index in [0.717, 1.165) is 0 Å². The molecule has 0 fully saturated rings. The summed E-state index contributed by atoms with van der Waals surface area (Å²) in [7, 11) is 0. The van der Waals surface area contributed by atoms with Gasteiger partial charge in [0, 0.05) is 37.7 Å². The van der Waals surface area contributed by atoms with E-state index in [-0.39, 0.29) is 43.7 Å². The van der Waals surface area contributed by atoms with E-state index in [1.165, 1.54) is 0 Å². The monoisotopic (exact) mass is 99.0 g/mol. The maximum atomic E-state index is 6.06. The van der Waals surface area contributed by atoms with Gasteiger partial charge in [0.25, 0.3) is 0 Å². The minimum absolute atomic E-state index is 0. The van der Waals surface area contributed by atoms with Crippen molar-refractivity contribution in [1.82, 2.24) is 0 Å². The molecule has 0 rings (SSSR count). The van der Waals surface area contributed by atoms with E-state index in [4.69, 9.17) is 5.41 Å². The summed E-state index contributed by atoms with van der Waals surface area (Å²) in [4.78, 5) is 0. The van der Waals surface area contributed by atoms with Crippen molar-refractivity contribution in [3.63, 3.8) is 0 Å². The molecular formula is CH5CaN3. The van der Waals surface area contributed by atoms with Crippen molar-refractivity contribution >= 4 is 43.7 Å². The second-order valence-electron chi connectivity index (χ2n) is 0.455. The van der Waals surface area contributed by atoms with Gasteiger partial charge in [0.2, 0.25) is 0 Å². The standard InChI is InChI=1S/CH5N3.Ca/c2-1(3)4;/h(H5,2,3,4);. The number of rotatable bonds is 0. The van der Waals surface area contributed by atoms with Gasteiger partial charge in [-0.25, -0.2) is 0 Å². The predicted molar refractivity (Wildman–Crippen MR) is 21.9 cm³/mol. The molecule has 0 bridgehead atoms. The number of hydrogen-bond acceptors (Lipinski definition) is 1. The fraction of sp³-hybridized carbons (Fsp3) is 0. The first-order valence-electron chi connectivity index (χ1n) is 0.827. The van der Waals surface area contributed by atoms with E-state index in [1.807, 2.05) is 0 Å². The molecule has 0 unspecified atom stereocenters. The molecule has 0 aliphatic carbocycles. The zero-order valence-electron chi connectivity index (χ0n) is 2.86. The van der Waals surface area contributed by atoms with Crippen LogP contribution in [0.25, 0.3) is 0 Å². The maximum Gasteiger partial charge on any atom is 0.183 e. The Morgan fingerprint density at radius 1 is 1.40 bits per heavy atom. The molecule has 0 amide bonds. The summed E-state index contributed by atoms with van der Waals surface area (Å²) in [5.74, 6) is -0.333. The molecule has 3 nitrogen and oxygen atoms in total. The zero-order valence-corrected chi connectivity index (χ0v) is 5.07. The SMILES string of the molecule is N=C(N)N.[Ca]. The van der Waals surface area contributed by atoms with Gasteiger partial charge in [-0.3, -0.25) is 5.41 Å². The third kappa shape index (κ3) is 103. The Morgan fingerprint density at radius 3 is 1.40 bits per heavy atom. The van der Waals surface area contributed by atoms with Crippen LogP contribution in [0.2, 0.25) is 0 Å². The van der Waals surface area contributed by atoms with E-state index >= 15 is 0 Å². The average Bonchev–Trinajstić information content (AvgIpc) is 0.811. The van der Waals surface area contributed by atoms with Crippen LogP contribution in [0.3, 0.4) is 0 Å². The van der Waals surface area contributed by atoms with Gasteiger partial charge in [0.1, 0.15) is 0 Å². The van der Waals surface area contributed by atoms with Crippen LogP contribution in [0.5, 0.6) is 0 Å². The van der Waals surface area contributed by atoms with Crippen LogP contribution in [0.1, 0.15) is 0 Å². The van der Waals surface area contributed by atoms with E-state index in [1.54, 1.807) is 0 Å². The van der Waals surface area contributed by atoms with E-state index in [2.05, 4.69) is 11.5 Å². The second kappa shape index (κ2) is 4.53. The Labute approximate surface area is 60.2 Å². The number of guanidine groups is 1. The Bertz CT molecular complexity index is 29.9. The molecule has 5 heavy (non-hydrogen) atoms. The van der Waals surface area contributed by atoms with Crippen LogP contribution in [0.4, 0.5) is 0 Å². The van der Waals surface area contributed by atoms with Crippen LogP contribution in [0.15, 0.2) is 0 Å².